The number of nitrogens with two attached hydrogens (primary N) is 1. The summed E-state index contributed by atoms with van der Waals surface area (Å²) in [5, 5.41) is 9.33. The number of aliphatic hydroxyl groups excluding tert-OH is 1. The predicted molar refractivity (Wildman–Crippen MR) is 74.5 cm³/mol. The molecule has 3 N–H and O–H groups in total. The molecule has 0 radical (unpaired) electrons. The van der Waals surface area contributed by atoms with Crippen LogP contribution in [0.25, 0.3) is 0 Å². The lowest BCUT2D eigenvalue weighted by molar-refractivity contribution is -0.154. The molecule has 1 aliphatic heterocycles. The molecule has 0 aliphatic carbocycles. The van der Waals surface area contributed by atoms with Crippen LogP contribution < -0.4 is 5.73 Å². The quantitative estimate of drug-likeness (QED) is 0.752. The zero-order valence-electron chi connectivity index (χ0n) is 12.4. The van der Waals surface area contributed by atoms with Crippen LogP contribution in [0.15, 0.2) is 0 Å². The maximum atomic E-state index is 9.33. The van der Waals surface area contributed by atoms with E-state index in [1.165, 1.54) is 0 Å². The first-order valence-electron chi connectivity index (χ1n) is 7.11. The van der Waals surface area contributed by atoms with E-state index in [0.29, 0.717) is 0 Å². The van der Waals surface area contributed by atoms with Gasteiger partial charge in [0.05, 0.1) is 18.3 Å². The zero-order valence-corrected chi connectivity index (χ0v) is 12.4. The Balaban J connectivity index is 2.70. The molecule has 1 atom stereocenters. The number of hydrogen-bond acceptors (Lipinski definition) is 4. The lowest BCUT2D eigenvalue weighted by Gasteiger charge is -2.46. The van der Waals surface area contributed by atoms with Crippen molar-refractivity contribution >= 4 is 0 Å². The first kappa shape index (κ1) is 15.9. The molecular weight excluding hydrogens is 228 g/mol. The molecule has 0 aromatic heterocycles. The highest BCUT2D eigenvalue weighted by Crippen LogP contribution is 2.29. The summed E-state index contributed by atoms with van der Waals surface area (Å²) >= 11 is 0. The average Bonchev–Trinajstić information content (AvgIpc) is 2.34. The van der Waals surface area contributed by atoms with E-state index in [1.807, 2.05) is 0 Å². The Morgan fingerprint density at radius 2 is 2.00 bits per heavy atom. The molecule has 1 fully saturated rings. The molecule has 1 aliphatic rings. The van der Waals surface area contributed by atoms with Crippen molar-refractivity contribution in [2.75, 3.05) is 32.8 Å². The summed E-state index contributed by atoms with van der Waals surface area (Å²) in [5.41, 5.74) is 5.99. The van der Waals surface area contributed by atoms with E-state index in [0.717, 1.165) is 39.0 Å². The molecular formula is C14H30N2O2. The normalized spacial score (nSPS) is 25.3. The molecule has 0 bridgehead atoms. The van der Waals surface area contributed by atoms with Crippen LogP contribution >= 0.6 is 0 Å². The number of ether oxygens (including phenoxy) is 1. The third-order valence-corrected chi connectivity index (χ3v) is 4.25. The van der Waals surface area contributed by atoms with Crippen molar-refractivity contribution < 1.29 is 9.84 Å². The van der Waals surface area contributed by atoms with E-state index in [9.17, 15) is 5.11 Å². The topological polar surface area (TPSA) is 58.7 Å². The van der Waals surface area contributed by atoms with Gasteiger partial charge in [-0.3, -0.25) is 4.90 Å². The second-order valence-electron chi connectivity index (χ2n) is 6.26. The Bertz CT molecular complexity index is 244. The molecule has 0 aromatic rings. The summed E-state index contributed by atoms with van der Waals surface area (Å²) in [6, 6.07) is 0. The minimum absolute atomic E-state index is 0.0714. The van der Waals surface area contributed by atoms with Gasteiger partial charge in [0.2, 0.25) is 0 Å². The molecule has 1 heterocycles. The summed E-state index contributed by atoms with van der Waals surface area (Å²) in [6.07, 6.45) is 2.13. The molecule has 4 nitrogen and oxygen atoms in total. The van der Waals surface area contributed by atoms with Gasteiger partial charge in [-0.25, -0.2) is 0 Å². The number of nitrogens with zero attached hydrogens (tertiary/aromatic N) is 1. The fraction of sp³-hybridized carbons (Fsp3) is 1.00. The second-order valence-corrected chi connectivity index (χ2v) is 6.26. The molecule has 0 aromatic carbocycles. The Labute approximate surface area is 111 Å². The second kappa shape index (κ2) is 6.33. The van der Waals surface area contributed by atoms with Crippen molar-refractivity contribution in [3.05, 3.63) is 0 Å². The van der Waals surface area contributed by atoms with Gasteiger partial charge in [0, 0.05) is 19.6 Å². The van der Waals surface area contributed by atoms with Crippen LogP contribution in [0.3, 0.4) is 0 Å². The fourth-order valence-corrected chi connectivity index (χ4v) is 2.93. The average molecular weight is 258 g/mol. The standard InChI is InChI=1S/C14H30N2O2/c1-5-14(6-2,9-15)11-16-7-12(8-17)18-13(3,4)10-16/h12,17H,5-11,15H2,1-4H3. The van der Waals surface area contributed by atoms with Gasteiger partial charge >= 0.3 is 0 Å². The summed E-state index contributed by atoms with van der Waals surface area (Å²) in [7, 11) is 0. The minimum Gasteiger partial charge on any atom is -0.394 e. The first-order valence-corrected chi connectivity index (χ1v) is 7.11. The minimum atomic E-state index is -0.187. The van der Waals surface area contributed by atoms with Crippen molar-refractivity contribution in [1.29, 1.82) is 0 Å². The summed E-state index contributed by atoms with van der Waals surface area (Å²) in [5.74, 6) is 0. The van der Waals surface area contributed by atoms with Crippen LogP contribution in [-0.4, -0.2) is 54.5 Å². The van der Waals surface area contributed by atoms with Crippen molar-refractivity contribution in [2.45, 2.75) is 52.2 Å². The molecule has 108 valence electrons. The highest BCUT2D eigenvalue weighted by molar-refractivity contribution is 4.89. The largest absolute Gasteiger partial charge is 0.394 e. The maximum Gasteiger partial charge on any atom is 0.0940 e. The van der Waals surface area contributed by atoms with Gasteiger partial charge in [0.1, 0.15) is 0 Å². The number of rotatable bonds is 6. The SMILES string of the molecule is CCC(CC)(CN)CN1CC(CO)OC(C)(C)C1. The van der Waals surface area contributed by atoms with E-state index in [-0.39, 0.29) is 23.7 Å². The first-order chi connectivity index (χ1) is 8.40. The van der Waals surface area contributed by atoms with Gasteiger partial charge in [0.15, 0.2) is 0 Å². The highest BCUT2D eigenvalue weighted by atomic mass is 16.5. The van der Waals surface area contributed by atoms with Crippen LogP contribution in [0.5, 0.6) is 0 Å². The van der Waals surface area contributed by atoms with E-state index >= 15 is 0 Å². The maximum absolute atomic E-state index is 9.33. The molecule has 18 heavy (non-hydrogen) atoms. The summed E-state index contributed by atoms with van der Waals surface area (Å²) in [6.45, 7) is 12.1. The summed E-state index contributed by atoms with van der Waals surface area (Å²) < 4.78 is 5.85. The van der Waals surface area contributed by atoms with Crippen molar-refractivity contribution in [3.8, 4) is 0 Å². The van der Waals surface area contributed by atoms with Gasteiger partial charge in [-0.05, 0) is 38.6 Å². The molecule has 4 heteroatoms. The molecule has 0 amide bonds. The highest BCUT2D eigenvalue weighted by Gasteiger charge is 2.36. The third kappa shape index (κ3) is 3.92. The van der Waals surface area contributed by atoms with Crippen LogP contribution in [0.4, 0.5) is 0 Å². The van der Waals surface area contributed by atoms with Crippen molar-refractivity contribution in [2.24, 2.45) is 11.1 Å². The number of hydrogen-bond donors (Lipinski definition) is 2. The smallest absolute Gasteiger partial charge is 0.0940 e. The van der Waals surface area contributed by atoms with E-state index < -0.39 is 0 Å². The molecule has 1 unspecified atom stereocenters. The number of aliphatic hydroxyl groups is 1. The van der Waals surface area contributed by atoms with Crippen molar-refractivity contribution in [1.82, 2.24) is 4.90 Å². The predicted octanol–water partition coefficient (Wildman–Crippen LogP) is 1.22. The molecule has 1 saturated heterocycles. The Morgan fingerprint density at radius 1 is 1.39 bits per heavy atom. The summed E-state index contributed by atoms with van der Waals surface area (Å²) in [4.78, 5) is 2.41. The van der Waals surface area contributed by atoms with Crippen LogP contribution in [0, 0.1) is 5.41 Å². The van der Waals surface area contributed by atoms with Crippen LogP contribution in [0.1, 0.15) is 40.5 Å². The van der Waals surface area contributed by atoms with Gasteiger partial charge in [-0.1, -0.05) is 13.8 Å². The molecule has 0 saturated carbocycles. The van der Waals surface area contributed by atoms with Gasteiger partial charge < -0.3 is 15.6 Å². The van der Waals surface area contributed by atoms with Crippen molar-refractivity contribution in [3.63, 3.8) is 0 Å². The van der Waals surface area contributed by atoms with Gasteiger partial charge in [0.25, 0.3) is 0 Å². The number of morpholine rings is 1. The van der Waals surface area contributed by atoms with E-state index in [4.69, 9.17) is 10.5 Å². The zero-order chi connectivity index (χ0) is 13.8. The van der Waals surface area contributed by atoms with Crippen LogP contribution in [0.2, 0.25) is 0 Å². The van der Waals surface area contributed by atoms with Gasteiger partial charge in [-0.2, -0.15) is 0 Å². The van der Waals surface area contributed by atoms with Gasteiger partial charge in [-0.15, -0.1) is 0 Å². The Hall–Kier alpha value is -0.160. The lowest BCUT2D eigenvalue weighted by Crippen LogP contribution is -2.56. The monoisotopic (exact) mass is 258 g/mol. The van der Waals surface area contributed by atoms with E-state index in [1.54, 1.807) is 0 Å². The Kier molecular flexibility index (Phi) is 5.59. The molecule has 1 rings (SSSR count). The fourth-order valence-electron chi connectivity index (χ4n) is 2.93. The Morgan fingerprint density at radius 3 is 2.44 bits per heavy atom. The third-order valence-electron chi connectivity index (χ3n) is 4.25. The van der Waals surface area contributed by atoms with Crippen LogP contribution in [-0.2, 0) is 4.74 Å². The molecule has 0 spiro atoms. The lowest BCUT2D eigenvalue weighted by atomic mass is 9.81. The van der Waals surface area contributed by atoms with E-state index in [2.05, 4.69) is 32.6 Å².